The predicted molar refractivity (Wildman–Crippen MR) is 89.6 cm³/mol. The molecule has 2 rings (SSSR count). The van der Waals surface area contributed by atoms with Crippen LogP contribution >= 0.6 is 0 Å². The normalized spacial score (nSPS) is 10.7. The van der Waals surface area contributed by atoms with Gasteiger partial charge in [0.25, 0.3) is 5.56 Å². The number of aromatic nitrogens is 2. The average molecular weight is 316 g/mol. The minimum atomic E-state index is -0.228. The van der Waals surface area contributed by atoms with Gasteiger partial charge in [0, 0.05) is 11.8 Å². The van der Waals surface area contributed by atoms with Crippen molar-refractivity contribution >= 4 is 12.2 Å². The molecule has 0 aliphatic heterocycles. The molecular formula is C16H20N4O3. The second-order valence-electron chi connectivity index (χ2n) is 4.86. The van der Waals surface area contributed by atoms with Gasteiger partial charge in [-0.3, -0.25) is 9.78 Å². The van der Waals surface area contributed by atoms with E-state index in [1.54, 1.807) is 20.2 Å². The molecule has 1 aromatic carbocycles. The van der Waals surface area contributed by atoms with Crippen LogP contribution in [0.3, 0.4) is 0 Å². The van der Waals surface area contributed by atoms with E-state index in [0.29, 0.717) is 29.7 Å². The molecule has 0 atom stereocenters. The summed E-state index contributed by atoms with van der Waals surface area (Å²) >= 11 is 0. The molecule has 0 aliphatic rings. The van der Waals surface area contributed by atoms with Crippen molar-refractivity contribution < 1.29 is 9.47 Å². The Morgan fingerprint density at radius 2 is 2.17 bits per heavy atom. The number of aromatic amines is 1. The van der Waals surface area contributed by atoms with Gasteiger partial charge in [0.2, 0.25) is 5.95 Å². The van der Waals surface area contributed by atoms with Gasteiger partial charge in [-0.1, -0.05) is 6.92 Å². The van der Waals surface area contributed by atoms with Crippen LogP contribution in [0.1, 0.15) is 24.6 Å². The minimum absolute atomic E-state index is 0.228. The van der Waals surface area contributed by atoms with Crippen molar-refractivity contribution in [3.05, 3.63) is 45.9 Å². The highest BCUT2D eigenvalue weighted by atomic mass is 16.5. The molecule has 0 aliphatic carbocycles. The van der Waals surface area contributed by atoms with Crippen LogP contribution in [0.5, 0.6) is 11.5 Å². The van der Waals surface area contributed by atoms with Gasteiger partial charge in [-0.15, -0.1) is 0 Å². The van der Waals surface area contributed by atoms with E-state index in [0.717, 1.165) is 12.0 Å². The number of H-pyrrole nitrogens is 1. The lowest BCUT2D eigenvalue weighted by molar-refractivity contribution is 0.294. The van der Waals surface area contributed by atoms with Gasteiger partial charge in [-0.2, -0.15) is 5.10 Å². The molecule has 0 saturated carbocycles. The maximum Gasteiger partial charge on any atom is 0.252 e. The van der Waals surface area contributed by atoms with Crippen LogP contribution in [0, 0.1) is 6.92 Å². The Hall–Kier alpha value is -2.83. The van der Waals surface area contributed by atoms with E-state index in [-0.39, 0.29) is 5.56 Å². The highest BCUT2D eigenvalue weighted by molar-refractivity contribution is 5.81. The van der Waals surface area contributed by atoms with Crippen LogP contribution in [0.2, 0.25) is 0 Å². The molecule has 0 unspecified atom stereocenters. The number of nitrogens with zero attached hydrogens (tertiary/aromatic N) is 2. The van der Waals surface area contributed by atoms with Crippen LogP contribution in [0.25, 0.3) is 0 Å². The number of anilines is 1. The zero-order valence-corrected chi connectivity index (χ0v) is 13.4. The number of nitrogens with one attached hydrogen (secondary N) is 2. The molecule has 1 heterocycles. The van der Waals surface area contributed by atoms with Gasteiger partial charge in [0.05, 0.1) is 19.9 Å². The number of hydrazone groups is 1. The highest BCUT2D eigenvalue weighted by Gasteiger charge is 2.04. The van der Waals surface area contributed by atoms with Crippen molar-refractivity contribution in [2.45, 2.75) is 20.3 Å². The molecule has 0 radical (unpaired) electrons. The summed E-state index contributed by atoms with van der Waals surface area (Å²) in [6, 6.07) is 6.94. The Labute approximate surface area is 134 Å². The van der Waals surface area contributed by atoms with Crippen LogP contribution in [-0.4, -0.2) is 29.9 Å². The maximum absolute atomic E-state index is 11.3. The zero-order chi connectivity index (χ0) is 16.7. The smallest absolute Gasteiger partial charge is 0.252 e. The number of aryl methyl sites for hydroxylation is 1. The highest BCUT2D eigenvalue weighted by Crippen LogP contribution is 2.27. The minimum Gasteiger partial charge on any atom is -0.493 e. The second kappa shape index (κ2) is 7.98. The SMILES string of the molecule is CCCOc1ccc(/C=N/Nc2nc(C)cc(=O)[nH]2)cc1OC. The molecule has 2 aromatic rings. The first-order valence-corrected chi connectivity index (χ1v) is 7.30. The number of ether oxygens (including phenoxy) is 2. The van der Waals surface area contributed by atoms with Gasteiger partial charge >= 0.3 is 0 Å². The first kappa shape index (κ1) is 16.5. The van der Waals surface area contributed by atoms with E-state index in [1.165, 1.54) is 6.07 Å². The number of hydrogen-bond acceptors (Lipinski definition) is 6. The Morgan fingerprint density at radius 1 is 1.35 bits per heavy atom. The largest absolute Gasteiger partial charge is 0.493 e. The van der Waals surface area contributed by atoms with Crippen LogP contribution < -0.4 is 20.5 Å². The summed E-state index contributed by atoms with van der Waals surface area (Å²) in [5, 5.41) is 4.06. The lowest BCUT2D eigenvalue weighted by Gasteiger charge is -2.10. The Morgan fingerprint density at radius 3 is 2.87 bits per heavy atom. The summed E-state index contributed by atoms with van der Waals surface area (Å²) in [5.41, 5.74) is 3.91. The standard InChI is InChI=1S/C16H20N4O3/c1-4-7-23-13-6-5-12(9-14(13)22-3)10-17-20-16-18-11(2)8-15(21)19-16/h5-6,8-10H,4,7H2,1-3H3,(H2,18,19,20,21)/b17-10+. The molecule has 0 spiro atoms. The summed E-state index contributed by atoms with van der Waals surface area (Å²) in [5.74, 6) is 1.63. The predicted octanol–water partition coefficient (Wildman–Crippen LogP) is 2.32. The number of rotatable bonds is 7. The van der Waals surface area contributed by atoms with Gasteiger partial charge in [0.1, 0.15) is 0 Å². The molecule has 23 heavy (non-hydrogen) atoms. The fraction of sp³-hybridized carbons (Fsp3) is 0.312. The van der Waals surface area contributed by atoms with E-state index in [1.807, 2.05) is 25.1 Å². The third-order valence-electron chi connectivity index (χ3n) is 2.90. The number of benzene rings is 1. The van der Waals surface area contributed by atoms with Gasteiger partial charge in [-0.25, -0.2) is 10.4 Å². The summed E-state index contributed by atoms with van der Waals surface area (Å²) in [4.78, 5) is 18.0. The van der Waals surface area contributed by atoms with E-state index in [4.69, 9.17) is 9.47 Å². The molecule has 122 valence electrons. The van der Waals surface area contributed by atoms with Crippen molar-refractivity contribution in [2.75, 3.05) is 19.1 Å². The molecule has 2 N–H and O–H groups in total. The zero-order valence-electron chi connectivity index (χ0n) is 13.4. The lowest BCUT2D eigenvalue weighted by atomic mass is 10.2. The van der Waals surface area contributed by atoms with E-state index in [2.05, 4.69) is 20.5 Å². The van der Waals surface area contributed by atoms with Crippen LogP contribution in [-0.2, 0) is 0 Å². The summed E-state index contributed by atoms with van der Waals surface area (Å²) in [6.45, 7) is 4.42. The van der Waals surface area contributed by atoms with Gasteiger partial charge in [-0.05, 0) is 37.1 Å². The van der Waals surface area contributed by atoms with E-state index >= 15 is 0 Å². The topological polar surface area (TPSA) is 88.6 Å². The molecule has 0 fully saturated rings. The monoisotopic (exact) mass is 316 g/mol. The molecule has 7 heteroatoms. The van der Waals surface area contributed by atoms with Crippen molar-refractivity contribution in [1.29, 1.82) is 0 Å². The first-order chi connectivity index (χ1) is 11.1. The quantitative estimate of drug-likeness (QED) is 0.604. The molecule has 7 nitrogen and oxygen atoms in total. The van der Waals surface area contributed by atoms with Crippen molar-refractivity contribution in [3.63, 3.8) is 0 Å². The van der Waals surface area contributed by atoms with Gasteiger partial charge in [0.15, 0.2) is 11.5 Å². The molecule has 0 bridgehead atoms. The molecular weight excluding hydrogens is 296 g/mol. The number of methoxy groups -OCH3 is 1. The number of hydrogen-bond donors (Lipinski definition) is 2. The molecule has 0 amide bonds. The summed E-state index contributed by atoms with van der Waals surface area (Å²) < 4.78 is 10.9. The van der Waals surface area contributed by atoms with Crippen molar-refractivity contribution in [2.24, 2.45) is 5.10 Å². The second-order valence-corrected chi connectivity index (χ2v) is 4.86. The third kappa shape index (κ3) is 4.84. The van der Waals surface area contributed by atoms with E-state index in [9.17, 15) is 4.79 Å². The molecule has 1 aromatic heterocycles. The van der Waals surface area contributed by atoms with Crippen LogP contribution in [0.4, 0.5) is 5.95 Å². The lowest BCUT2D eigenvalue weighted by Crippen LogP contribution is -2.10. The van der Waals surface area contributed by atoms with Crippen molar-refractivity contribution in [3.8, 4) is 11.5 Å². The average Bonchev–Trinajstić information content (AvgIpc) is 2.52. The van der Waals surface area contributed by atoms with Gasteiger partial charge < -0.3 is 9.47 Å². The maximum atomic E-state index is 11.3. The Kier molecular flexibility index (Phi) is 5.74. The first-order valence-electron chi connectivity index (χ1n) is 7.30. The van der Waals surface area contributed by atoms with Crippen LogP contribution in [0.15, 0.2) is 34.2 Å². The summed E-state index contributed by atoms with van der Waals surface area (Å²) in [6.07, 6.45) is 2.53. The molecule has 0 saturated heterocycles. The third-order valence-corrected chi connectivity index (χ3v) is 2.90. The fourth-order valence-electron chi connectivity index (χ4n) is 1.90. The fourth-order valence-corrected chi connectivity index (χ4v) is 1.90. The summed E-state index contributed by atoms with van der Waals surface area (Å²) in [7, 11) is 1.59. The Bertz CT molecular complexity index is 740. The van der Waals surface area contributed by atoms with Crippen molar-refractivity contribution in [1.82, 2.24) is 9.97 Å². The van der Waals surface area contributed by atoms with E-state index < -0.39 is 0 Å². The Balaban J connectivity index is 2.08.